The fourth-order valence-corrected chi connectivity index (χ4v) is 1.15. The highest BCUT2D eigenvalue weighted by atomic mass is 14.7. The largest absolute Gasteiger partial charge is 0.256 e. The summed E-state index contributed by atoms with van der Waals surface area (Å²) < 4.78 is 0. The van der Waals surface area contributed by atoms with E-state index in [1.54, 1.807) is 0 Å². The summed E-state index contributed by atoms with van der Waals surface area (Å²) in [4.78, 5) is 4.35. The zero-order valence-corrected chi connectivity index (χ0v) is 8.41. The van der Waals surface area contributed by atoms with Crippen molar-refractivity contribution in [3.05, 3.63) is 47.8 Å². The molecule has 13 heavy (non-hydrogen) atoms. The summed E-state index contributed by atoms with van der Waals surface area (Å²) >= 11 is 0. The summed E-state index contributed by atoms with van der Waals surface area (Å²) in [6.45, 7) is 6.08. The molecule has 0 N–H and O–H groups in total. The van der Waals surface area contributed by atoms with Crippen molar-refractivity contribution in [2.24, 2.45) is 0 Å². The van der Waals surface area contributed by atoms with Crippen molar-refractivity contribution in [2.75, 3.05) is 0 Å². The van der Waals surface area contributed by atoms with Crippen LogP contribution >= 0.6 is 0 Å². The van der Waals surface area contributed by atoms with E-state index in [1.165, 1.54) is 11.1 Å². The van der Waals surface area contributed by atoms with Crippen molar-refractivity contribution in [1.29, 1.82) is 0 Å². The predicted octanol–water partition coefficient (Wildman–Crippen LogP) is 3.37. The summed E-state index contributed by atoms with van der Waals surface area (Å²) in [6.07, 6.45) is 8.05. The maximum Gasteiger partial charge on any atom is 0.0698 e. The third-order valence-electron chi connectivity index (χ3n) is 1.86. The third-order valence-corrected chi connectivity index (χ3v) is 1.86. The second kappa shape index (κ2) is 4.61. The molecule has 0 fully saturated rings. The summed E-state index contributed by atoms with van der Waals surface area (Å²) in [7, 11) is 0. The molecule has 0 amide bonds. The van der Waals surface area contributed by atoms with E-state index in [0.29, 0.717) is 0 Å². The summed E-state index contributed by atoms with van der Waals surface area (Å²) in [5.41, 5.74) is 3.40. The van der Waals surface area contributed by atoms with Crippen molar-refractivity contribution in [3.63, 3.8) is 0 Å². The summed E-state index contributed by atoms with van der Waals surface area (Å²) in [6, 6.07) is 4.12. The molecule has 1 aromatic heterocycles. The average Bonchev–Trinajstić information content (AvgIpc) is 2.16. The lowest BCUT2D eigenvalue weighted by Gasteiger charge is -2.00. The molecular weight excluding hydrogens is 158 g/mol. The van der Waals surface area contributed by atoms with Crippen LogP contribution in [0.25, 0.3) is 5.57 Å². The minimum absolute atomic E-state index is 1.03. The Bertz CT molecular complexity index is 317. The highest BCUT2D eigenvalue weighted by molar-refractivity contribution is 5.71. The molecule has 0 aliphatic heterocycles. The Labute approximate surface area is 79.8 Å². The zero-order chi connectivity index (χ0) is 9.68. The topological polar surface area (TPSA) is 12.9 Å². The molecule has 68 valence electrons. The summed E-state index contributed by atoms with van der Waals surface area (Å²) in [5.74, 6) is 0. The first-order chi connectivity index (χ1) is 6.27. The molecule has 1 heteroatoms. The van der Waals surface area contributed by atoms with Gasteiger partial charge in [0.15, 0.2) is 0 Å². The van der Waals surface area contributed by atoms with Gasteiger partial charge in [-0.05, 0) is 38.0 Å². The van der Waals surface area contributed by atoms with Gasteiger partial charge >= 0.3 is 0 Å². The van der Waals surface area contributed by atoms with Crippen LogP contribution in [0, 0.1) is 6.92 Å². The molecule has 0 unspecified atom stereocenters. The standard InChI is InChI=1S/C12H15N/c1-4-6-11(5-2)12-8-7-10(3)9-13-12/h4-9H,1-3H3/b6-4-,11-5+. The number of allylic oxidation sites excluding steroid dienone is 4. The van der Waals surface area contributed by atoms with Crippen LogP contribution < -0.4 is 0 Å². The molecule has 1 nitrogen and oxygen atoms in total. The normalized spacial score (nSPS) is 12.4. The molecule has 0 spiro atoms. The van der Waals surface area contributed by atoms with Crippen LogP contribution in [-0.4, -0.2) is 4.98 Å². The van der Waals surface area contributed by atoms with Gasteiger partial charge in [-0.25, -0.2) is 0 Å². The van der Waals surface area contributed by atoms with Crippen LogP contribution in [0.2, 0.25) is 0 Å². The Morgan fingerprint density at radius 3 is 2.54 bits per heavy atom. The molecular formula is C12H15N. The molecule has 0 radical (unpaired) electrons. The lowest BCUT2D eigenvalue weighted by atomic mass is 10.1. The van der Waals surface area contributed by atoms with E-state index in [4.69, 9.17) is 0 Å². The molecule has 0 aliphatic carbocycles. The van der Waals surface area contributed by atoms with Gasteiger partial charge in [-0.2, -0.15) is 0 Å². The Hall–Kier alpha value is -1.37. The van der Waals surface area contributed by atoms with E-state index in [-0.39, 0.29) is 0 Å². The highest BCUT2D eigenvalue weighted by Crippen LogP contribution is 2.13. The van der Waals surface area contributed by atoms with E-state index < -0.39 is 0 Å². The number of hydrogen-bond acceptors (Lipinski definition) is 1. The van der Waals surface area contributed by atoms with Gasteiger partial charge in [0, 0.05) is 6.20 Å². The van der Waals surface area contributed by atoms with E-state index in [9.17, 15) is 0 Å². The van der Waals surface area contributed by atoms with Gasteiger partial charge in [0.1, 0.15) is 0 Å². The molecule has 0 atom stereocenters. The first kappa shape index (κ1) is 9.72. The monoisotopic (exact) mass is 173 g/mol. The first-order valence-corrected chi connectivity index (χ1v) is 4.50. The minimum atomic E-state index is 1.03. The van der Waals surface area contributed by atoms with Gasteiger partial charge in [-0.1, -0.05) is 24.3 Å². The van der Waals surface area contributed by atoms with Crippen molar-refractivity contribution in [1.82, 2.24) is 4.98 Å². The van der Waals surface area contributed by atoms with E-state index >= 15 is 0 Å². The van der Waals surface area contributed by atoms with Crippen molar-refractivity contribution in [2.45, 2.75) is 20.8 Å². The van der Waals surface area contributed by atoms with Crippen LogP contribution in [0.5, 0.6) is 0 Å². The van der Waals surface area contributed by atoms with Crippen LogP contribution in [0.3, 0.4) is 0 Å². The van der Waals surface area contributed by atoms with Gasteiger partial charge in [-0.3, -0.25) is 4.98 Å². The Balaban J connectivity index is 3.00. The second-order valence-corrected chi connectivity index (χ2v) is 2.96. The summed E-state index contributed by atoms with van der Waals surface area (Å²) in [5, 5.41) is 0. The Kier molecular flexibility index (Phi) is 3.44. The molecule has 1 aromatic rings. The molecule has 0 saturated heterocycles. The molecule has 0 aromatic carbocycles. The highest BCUT2D eigenvalue weighted by Gasteiger charge is 1.96. The van der Waals surface area contributed by atoms with Crippen molar-refractivity contribution >= 4 is 5.57 Å². The number of pyridine rings is 1. The number of hydrogen-bond donors (Lipinski definition) is 0. The maximum atomic E-state index is 4.35. The second-order valence-electron chi connectivity index (χ2n) is 2.96. The number of nitrogens with zero attached hydrogens (tertiary/aromatic N) is 1. The molecule has 1 rings (SSSR count). The quantitative estimate of drug-likeness (QED) is 0.625. The maximum absolute atomic E-state index is 4.35. The van der Waals surface area contributed by atoms with Gasteiger partial charge < -0.3 is 0 Å². The zero-order valence-electron chi connectivity index (χ0n) is 8.41. The molecule has 0 bridgehead atoms. The van der Waals surface area contributed by atoms with Gasteiger partial charge in [-0.15, -0.1) is 0 Å². The number of aromatic nitrogens is 1. The SMILES string of the molecule is C/C=C\C(=C/C)c1ccc(C)cn1. The third kappa shape index (κ3) is 2.55. The fourth-order valence-electron chi connectivity index (χ4n) is 1.15. The molecule has 0 saturated carbocycles. The van der Waals surface area contributed by atoms with E-state index in [2.05, 4.69) is 23.2 Å². The first-order valence-electron chi connectivity index (χ1n) is 4.50. The van der Waals surface area contributed by atoms with E-state index in [0.717, 1.165) is 5.69 Å². The number of aryl methyl sites for hydroxylation is 1. The average molecular weight is 173 g/mol. The smallest absolute Gasteiger partial charge is 0.0698 e. The van der Waals surface area contributed by atoms with Gasteiger partial charge in [0.2, 0.25) is 0 Å². The van der Waals surface area contributed by atoms with Gasteiger partial charge in [0.05, 0.1) is 5.69 Å². The van der Waals surface area contributed by atoms with E-state index in [1.807, 2.05) is 39.1 Å². The lowest BCUT2D eigenvalue weighted by molar-refractivity contribution is 1.23. The van der Waals surface area contributed by atoms with Crippen molar-refractivity contribution in [3.8, 4) is 0 Å². The lowest BCUT2D eigenvalue weighted by Crippen LogP contribution is -1.86. The minimum Gasteiger partial charge on any atom is -0.256 e. The Morgan fingerprint density at radius 1 is 1.31 bits per heavy atom. The van der Waals surface area contributed by atoms with Crippen LogP contribution in [0.4, 0.5) is 0 Å². The van der Waals surface area contributed by atoms with Crippen molar-refractivity contribution < 1.29 is 0 Å². The predicted molar refractivity (Wildman–Crippen MR) is 57.4 cm³/mol. The van der Waals surface area contributed by atoms with Crippen LogP contribution in [0.1, 0.15) is 25.1 Å². The molecule has 0 aliphatic rings. The Morgan fingerprint density at radius 2 is 2.08 bits per heavy atom. The molecule has 1 heterocycles. The van der Waals surface area contributed by atoms with Gasteiger partial charge in [0.25, 0.3) is 0 Å². The number of rotatable bonds is 2. The van der Waals surface area contributed by atoms with Crippen LogP contribution in [0.15, 0.2) is 36.6 Å². The van der Waals surface area contributed by atoms with Crippen LogP contribution in [-0.2, 0) is 0 Å². The fraction of sp³-hybridized carbons (Fsp3) is 0.250.